The van der Waals surface area contributed by atoms with Crippen molar-refractivity contribution in [3.8, 4) is 22.3 Å². The summed E-state index contributed by atoms with van der Waals surface area (Å²) in [6.45, 7) is 10.2. The van der Waals surface area contributed by atoms with E-state index in [1.54, 1.807) is 22.3 Å². The van der Waals surface area contributed by atoms with Crippen molar-refractivity contribution in [1.29, 1.82) is 0 Å². The summed E-state index contributed by atoms with van der Waals surface area (Å²) in [7, 11) is 0. The summed E-state index contributed by atoms with van der Waals surface area (Å²) in [5.74, 6) is 0. The summed E-state index contributed by atoms with van der Waals surface area (Å²) in [6.07, 6.45) is 10.1. The average Bonchev–Trinajstić information content (AvgIpc) is 3.77. The molecule has 10 rings (SSSR count). The second kappa shape index (κ2) is 14.7. The van der Waals surface area contributed by atoms with E-state index >= 15 is 0 Å². The molecule has 272 valence electrons. The number of hydrogen-bond donors (Lipinski definition) is 0. The van der Waals surface area contributed by atoms with Gasteiger partial charge in [-0.1, -0.05) is 0 Å². The number of benzene rings is 8. The predicted octanol–water partition coefficient (Wildman–Crippen LogP) is 15.7. The predicted molar refractivity (Wildman–Crippen MR) is 243 cm³/mol. The molecule has 0 aromatic heterocycles. The molecule has 0 N–H and O–H groups in total. The number of fused-ring (bicyclic) bond motifs is 6. The monoisotopic (exact) mass is 814 g/mol. The molecule has 2 unspecified atom stereocenters. The van der Waals surface area contributed by atoms with Gasteiger partial charge in [-0.05, 0) is 0 Å². The molecule has 2 atom stereocenters. The van der Waals surface area contributed by atoms with Crippen LogP contribution < -0.4 is 0 Å². The molecule has 0 fully saturated rings. The molecular weight excluding hydrogens is 768 g/mol. The molecule has 8 aromatic rings. The normalized spacial score (nSPS) is 16.0. The third kappa shape index (κ3) is 5.78. The van der Waals surface area contributed by atoms with Gasteiger partial charge in [-0.2, -0.15) is 0 Å². The number of allylic oxidation sites excluding steroid dienone is 2. The Morgan fingerprint density at radius 1 is 0.446 bits per heavy atom. The van der Waals surface area contributed by atoms with E-state index in [1.807, 2.05) is 0 Å². The third-order valence-corrected chi connectivity index (χ3v) is 32.2. The van der Waals surface area contributed by atoms with Gasteiger partial charge in [0.2, 0.25) is 0 Å². The van der Waals surface area contributed by atoms with Crippen molar-refractivity contribution in [2.45, 2.75) is 59.9 Å². The van der Waals surface area contributed by atoms with Crippen molar-refractivity contribution in [1.82, 2.24) is 0 Å². The van der Waals surface area contributed by atoms with Crippen LogP contribution in [0.1, 0.15) is 69.0 Å². The van der Waals surface area contributed by atoms with Crippen molar-refractivity contribution in [3.63, 3.8) is 0 Å². The van der Waals surface area contributed by atoms with E-state index in [0.717, 1.165) is 0 Å². The van der Waals surface area contributed by atoms with Crippen molar-refractivity contribution in [2.24, 2.45) is 0 Å². The van der Waals surface area contributed by atoms with E-state index in [9.17, 15) is 0 Å². The zero-order valence-corrected chi connectivity index (χ0v) is 36.5. The van der Waals surface area contributed by atoms with Gasteiger partial charge in [-0.15, -0.1) is 0 Å². The molecule has 2 heteroatoms. The average molecular weight is 816 g/mol. The molecule has 8 aromatic carbocycles. The Kier molecular flexibility index (Phi) is 9.40. The van der Waals surface area contributed by atoms with Crippen LogP contribution in [0.4, 0.5) is 0 Å². The second-order valence-corrected chi connectivity index (χ2v) is 34.1. The van der Waals surface area contributed by atoms with Gasteiger partial charge in [-0.3, -0.25) is 0 Å². The van der Waals surface area contributed by atoms with Crippen molar-refractivity contribution in [2.75, 3.05) is 0 Å². The van der Waals surface area contributed by atoms with Gasteiger partial charge in [0.25, 0.3) is 0 Å². The molecule has 0 nitrogen and oxygen atoms in total. The van der Waals surface area contributed by atoms with Gasteiger partial charge in [-0.25, -0.2) is 0 Å². The fourth-order valence-corrected chi connectivity index (χ4v) is 31.0. The Hall–Kier alpha value is -4.62. The van der Waals surface area contributed by atoms with Gasteiger partial charge in [0.1, 0.15) is 0 Å². The first-order chi connectivity index (χ1) is 27.6. The van der Waals surface area contributed by atoms with Gasteiger partial charge >= 0.3 is 342 Å². The van der Waals surface area contributed by atoms with Crippen LogP contribution in [0, 0.1) is 0 Å². The van der Waals surface area contributed by atoms with Crippen LogP contribution in [0.2, 0.25) is 13.1 Å². The van der Waals surface area contributed by atoms with Crippen LogP contribution in [0.25, 0.3) is 77.5 Å². The van der Waals surface area contributed by atoms with Crippen LogP contribution in [0.3, 0.4) is 0 Å². The Balaban J connectivity index is 1.19. The molecule has 0 saturated heterocycles. The Morgan fingerprint density at radius 3 is 1.14 bits per heavy atom. The molecule has 2 aliphatic rings. The molecule has 2 aliphatic carbocycles. The second-order valence-electron chi connectivity index (χ2n) is 16.3. The van der Waals surface area contributed by atoms with Gasteiger partial charge in [0.05, 0.1) is 0 Å². The molecular formula is C54H48SiZr. The molecule has 0 saturated carbocycles. The van der Waals surface area contributed by atoms with E-state index in [-0.39, 0.29) is 0 Å². The SMILES string of the molecule is CCCC1=Cc2c(-c3c4ccccc4cc4ccccc34)cccc2[CH]1[Zr]([CH]1C(CCC)=Cc2c(-c3c4ccccc4cc4ccccc34)cccc21)=[Si](C)C. The summed E-state index contributed by atoms with van der Waals surface area (Å²) < 4.78 is 1.19. The van der Waals surface area contributed by atoms with Crippen LogP contribution in [-0.2, 0) is 20.4 Å². The molecule has 0 aliphatic heterocycles. The maximum atomic E-state index is 2.69. The van der Waals surface area contributed by atoms with Crippen LogP contribution in [-0.4, -0.2) is 5.43 Å². The summed E-state index contributed by atoms with van der Waals surface area (Å²) >= 11 is -2.38. The molecule has 0 radical (unpaired) electrons. The topological polar surface area (TPSA) is 0 Å². The fraction of sp³-hybridized carbons (Fsp3) is 0.185. The minimum absolute atomic E-state index is 0.593. The molecule has 0 spiro atoms. The number of rotatable bonds is 8. The van der Waals surface area contributed by atoms with Gasteiger partial charge in [0, 0.05) is 0 Å². The maximum absolute atomic E-state index is 2.69. The van der Waals surface area contributed by atoms with E-state index in [0.29, 0.717) is 7.25 Å². The van der Waals surface area contributed by atoms with Gasteiger partial charge in [0.15, 0.2) is 0 Å². The minimum atomic E-state index is -2.38. The molecule has 0 heterocycles. The van der Waals surface area contributed by atoms with Gasteiger partial charge < -0.3 is 0 Å². The van der Waals surface area contributed by atoms with Crippen LogP contribution in [0.15, 0.2) is 157 Å². The Morgan fingerprint density at radius 2 is 0.804 bits per heavy atom. The summed E-state index contributed by atoms with van der Waals surface area (Å²) in [6, 6.07) is 55.6. The Labute approximate surface area is 339 Å². The Bertz CT molecular complexity index is 2670. The van der Waals surface area contributed by atoms with E-state index in [2.05, 4.69) is 185 Å². The standard InChI is InChI=1S/2C26H21.C2H6Si.Zr/c2*1-2-8-18-15-19-11-7-14-24(25(19)16-18)26-22-12-5-3-9-20(22)17-21-10-4-6-13-23(21)26;1-3-2;/h2*3-7,9-17H,2,8H2,1H3;1-2H3;. The number of hydrogen-bond acceptors (Lipinski definition) is 0. The van der Waals surface area contributed by atoms with Crippen molar-refractivity contribution < 1.29 is 20.4 Å². The molecule has 0 amide bonds. The summed E-state index contributed by atoms with van der Waals surface area (Å²) in [5.41, 5.74) is 14.7. The van der Waals surface area contributed by atoms with E-state index in [1.165, 1.54) is 102 Å². The van der Waals surface area contributed by atoms with E-state index < -0.39 is 25.8 Å². The van der Waals surface area contributed by atoms with Crippen molar-refractivity contribution in [3.05, 3.63) is 179 Å². The zero-order chi connectivity index (χ0) is 37.9. The first kappa shape index (κ1) is 35.8. The van der Waals surface area contributed by atoms with Crippen LogP contribution in [0.5, 0.6) is 0 Å². The fourth-order valence-electron chi connectivity index (χ4n) is 10.5. The quantitative estimate of drug-likeness (QED) is 0.106. The summed E-state index contributed by atoms with van der Waals surface area (Å²) in [5, 5.41) is 10.7. The zero-order valence-electron chi connectivity index (χ0n) is 33.0. The molecule has 0 bridgehead atoms. The summed E-state index contributed by atoms with van der Waals surface area (Å²) in [4.78, 5) is 0. The first-order valence-corrected chi connectivity index (χ1v) is 29.7. The first-order valence-electron chi connectivity index (χ1n) is 20.7. The van der Waals surface area contributed by atoms with Crippen LogP contribution >= 0.6 is 0 Å². The van der Waals surface area contributed by atoms with Crippen molar-refractivity contribution >= 4 is 60.7 Å². The third-order valence-electron chi connectivity index (χ3n) is 12.7. The molecule has 56 heavy (non-hydrogen) atoms. The van der Waals surface area contributed by atoms with E-state index in [4.69, 9.17) is 0 Å².